The average molecular weight is 275 g/mol. The van der Waals surface area contributed by atoms with E-state index in [1.807, 2.05) is 6.07 Å². The van der Waals surface area contributed by atoms with Crippen molar-refractivity contribution in [1.29, 1.82) is 0 Å². The monoisotopic (exact) mass is 275 g/mol. The fraction of sp³-hybridized carbons (Fsp3) is 0.647. The smallest absolute Gasteiger partial charge is 0.165 e. The van der Waals surface area contributed by atoms with Crippen molar-refractivity contribution in [2.24, 2.45) is 35.3 Å². The molecule has 108 valence electrons. The van der Waals surface area contributed by atoms with E-state index in [0.29, 0.717) is 11.7 Å². The fourth-order valence-electron chi connectivity index (χ4n) is 5.21. The van der Waals surface area contributed by atoms with Crippen LogP contribution in [0.25, 0.3) is 0 Å². The molecule has 2 bridgehead atoms. The molecule has 1 aromatic carbocycles. The number of hydrogen-bond acceptors (Lipinski definition) is 2. The predicted molar refractivity (Wildman–Crippen MR) is 75.9 cm³/mol. The van der Waals surface area contributed by atoms with E-state index < -0.39 is 0 Å². The normalized spacial score (nSPS) is 38.6. The Bertz CT molecular complexity index is 516. The molecular formula is C17H22FNO. The van der Waals surface area contributed by atoms with Crippen molar-refractivity contribution < 1.29 is 9.13 Å². The lowest BCUT2D eigenvalue weighted by Crippen LogP contribution is -2.28. The highest BCUT2D eigenvalue weighted by molar-refractivity contribution is 5.30. The molecule has 0 spiro atoms. The number of benzene rings is 1. The molecule has 20 heavy (non-hydrogen) atoms. The van der Waals surface area contributed by atoms with Gasteiger partial charge in [-0.15, -0.1) is 0 Å². The van der Waals surface area contributed by atoms with Gasteiger partial charge in [0.2, 0.25) is 0 Å². The second-order valence-corrected chi connectivity index (χ2v) is 6.90. The summed E-state index contributed by atoms with van der Waals surface area (Å²) in [4.78, 5) is 0. The van der Waals surface area contributed by atoms with Gasteiger partial charge in [-0.2, -0.15) is 0 Å². The average Bonchev–Trinajstić information content (AvgIpc) is 2.88. The zero-order valence-corrected chi connectivity index (χ0v) is 11.9. The van der Waals surface area contributed by atoms with E-state index in [0.717, 1.165) is 35.7 Å². The highest BCUT2D eigenvalue weighted by Crippen LogP contribution is 2.70. The summed E-state index contributed by atoms with van der Waals surface area (Å²) >= 11 is 0. The van der Waals surface area contributed by atoms with Gasteiger partial charge < -0.3 is 10.5 Å². The van der Waals surface area contributed by atoms with Gasteiger partial charge in [0, 0.05) is 6.04 Å². The van der Waals surface area contributed by atoms with Crippen LogP contribution in [0.5, 0.6) is 5.75 Å². The first-order valence-electron chi connectivity index (χ1n) is 7.77. The Morgan fingerprint density at radius 2 is 2.00 bits per heavy atom. The molecule has 2 nitrogen and oxygen atoms in total. The molecule has 0 heterocycles. The maximum absolute atomic E-state index is 13.7. The number of ether oxygens (including phenoxy) is 1. The molecule has 4 rings (SSSR count). The zero-order valence-electron chi connectivity index (χ0n) is 11.9. The topological polar surface area (TPSA) is 35.2 Å². The molecule has 0 aromatic heterocycles. The molecule has 3 saturated carbocycles. The minimum absolute atomic E-state index is 0.196. The highest BCUT2D eigenvalue weighted by atomic mass is 19.1. The third-order valence-corrected chi connectivity index (χ3v) is 5.98. The molecule has 5 atom stereocenters. The maximum atomic E-state index is 13.7. The summed E-state index contributed by atoms with van der Waals surface area (Å²) in [5, 5.41) is 0. The van der Waals surface area contributed by atoms with E-state index in [4.69, 9.17) is 10.5 Å². The minimum atomic E-state index is -0.284. The quantitative estimate of drug-likeness (QED) is 0.917. The number of hydrogen-bond donors (Lipinski definition) is 1. The van der Waals surface area contributed by atoms with Crippen LogP contribution in [-0.2, 0) is 6.42 Å². The van der Waals surface area contributed by atoms with Crippen molar-refractivity contribution in [3.8, 4) is 5.75 Å². The van der Waals surface area contributed by atoms with Crippen molar-refractivity contribution >= 4 is 0 Å². The van der Waals surface area contributed by atoms with Gasteiger partial charge in [-0.25, -0.2) is 4.39 Å². The number of nitrogens with two attached hydrogens (primary N) is 1. The molecule has 2 N–H and O–H groups in total. The van der Waals surface area contributed by atoms with Crippen molar-refractivity contribution in [2.75, 3.05) is 7.11 Å². The lowest BCUT2D eigenvalue weighted by atomic mass is 9.94. The van der Waals surface area contributed by atoms with Crippen LogP contribution in [0.3, 0.4) is 0 Å². The van der Waals surface area contributed by atoms with Crippen LogP contribution in [0.2, 0.25) is 0 Å². The van der Waals surface area contributed by atoms with E-state index in [1.54, 1.807) is 12.1 Å². The molecule has 0 saturated heterocycles. The standard InChI is InChI=1S/C17H22FNO/c1-20-14-5-2-9(6-12(14)18)7-13(19)17-15-10-3-4-11(8-10)16(15)17/h2,5-6,10-11,13,15-17H,3-4,7-8,19H2,1H3. The van der Waals surface area contributed by atoms with Gasteiger partial charge in [-0.05, 0) is 73.0 Å². The first-order valence-corrected chi connectivity index (χ1v) is 7.77. The van der Waals surface area contributed by atoms with Crippen molar-refractivity contribution in [1.82, 2.24) is 0 Å². The lowest BCUT2D eigenvalue weighted by Gasteiger charge is -2.16. The van der Waals surface area contributed by atoms with Crippen LogP contribution < -0.4 is 10.5 Å². The first kappa shape index (κ1) is 12.6. The number of methoxy groups -OCH3 is 1. The Hall–Kier alpha value is -1.09. The van der Waals surface area contributed by atoms with E-state index in [9.17, 15) is 4.39 Å². The van der Waals surface area contributed by atoms with Crippen molar-refractivity contribution in [3.63, 3.8) is 0 Å². The van der Waals surface area contributed by atoms with Crippen LogP contribution in [0.1, 0.15) is 24.8 Å². The molecule has 0 aliphatic heterocycles. The van der Waals surface area contributed by atoms with Gasteiger partial charge in [-0.1, -0.05) is 6.07 Å². The van der Waals surface area contributed by atoms with Crippen LogP contribution >= 0.6 is 0 Å². The Morgan fingerprint density at radius 1 is 1.30 bits per heavy atom. The SMILES string of the molecule is COc1ccc(CC(N)C2C3C4CCC(C4)C23)cc1F. The van der Waals surface area contributed by atoms with Crippen LogP contribution in [0, 0.1) is 35.4 Å². The van der Waals surface area contributed by atoms with Crippen LogP contribution in [-0.4, -0.2) is 13.2 Å². The number of halogens is 1. The fourth-order valence-corrected chi connectivity index (χ4v) is 5.21. The number of fused-ring (bicyclic) bond motifs is 5. The van der Waals surface area contributed by atoms with Crippen LogP contribution in [0.15, 0.2) is 18.2 Å². The summed E-state index contributed by atoms with van der Waals surface area (Å²) < 4.78 is 18.7. The second kappa shape index (κ2) is 4.45. The highest BCUT2D eigenvalue weighted by Gasteiger charge is 2.65. The molecule has 5 unspecified atom stereocenters. The molecule has 3 fully saturated rings. The summed E-state index contributed by atoms with van der Waals surface area (Å²) in [6, 6.07) is 5.41. The van der Waals surface area contributed by atoms with Gasteiger partial charge >= 0.3 is 0 Å². The predicted octanol–water partition coefficient (Wildman–Crippen LogP) is 3.00. The molecular weight excluding hydrogens is 253 g/mol. The molecule has 1 aromatic rings. The summed E-state index contributed by atoms with van der Waals surface area (Å²) in [6.07, 6.45) is 5.09. The largest absolute Gasteiger partial charge is 0.494 e. The molecule has 0 radical (unpaired) electrons. The summed E-state index contributed by atoms with van der Waals surface area (Å²) in [5.41, 5.74) is 7.41. The van der Waals surface area contributed by atoms with Crippen molar-refractivity contribution in [3.05, 3.63) is 29.6 Å². The van der Waals surface area contributed by atoms with E-state index in [2.05, 4.69) is 0 Å². The van der Waals surface area contributed by atoms with Crippen LogP contribution in [0.4, 0.5) is 4.39 Å². The zero-order chi connectivity index (χ0) is 13.9. The van der Waals surface area contributed by atoms with Gasteiger partial charge in [0.25, 0.3) is 0 Å². The lowest BCUT2D eigenvalue weighted by molar-refractivity contribution is 0.385. The molecule has 3 aliphatic rings. The summed E-state index contributed by atoms with van der Waals surface area (Å²) in [6.45, 7) is 0. The van der Waals surface area contributed by atoms with Gasteiger partial charge in [0.1, 0.15) is 0 Å². The number of rotatable bonds is 4. The van der Waals surface area contributed by atoms with E-state index in [-0.39, 0.29) is 11.9 Å². The Kier molecular flexibility index (Phi) is 2.81. The second-order valence-electron chi connectivity index (χ2n) is 6.90. The minimum Gasteiger partial charge on any atom is -0.494 e. The van der Waals surface area contributed by atoms with E-state index in [1.165, 1.54) is 26.4 Å². The molecule has 3 heteroatoms. The van der Waals surface area contributed by atoms with Crippen molar-refractivity contribution in [2.45, 2.75) is 31.7 Å². The summed E-state index contributed by atoms with van der Waals surface area (Å²) in [5.74, 6) is 4.42. The first-order chi connectivity index (χ1) is 9.69. The van der Waals surface area contributed by atoms with Gasteiger partial charge in [0.05, 0.1) is 7.11 Å². The third-order valence-electron chi connectivity index (χ3n) is 5.98. The Balaban J connectivity index is 1.44. The molecule has 0 amide bonds. The Morgan fingerprint density at radius 3 is 2.60 bits per heavy atom. The summed E-state index contributed by atoms with van der Waals surface area (Å²) in [7, 11) is 1.49. The van der Waals surface area contributed by atoms with Gasteiger partial charge in [-0.3, -0.25) is 0 Å². The Labute approximate surface area is 119 Å². The van der Waals surface area contributed by atoms with Gasteiger partial charge in [0.15, 0.2) is 11.6 Å². The third kappa shape index (κ3) is 1.79. The van der Waals surface area contributed by atoms with E-state index >= 15 is 0 Å². The molecule has 3 aliphatic carbocycles. The maximum Gasteiger partial charge on any atom is 0.165 e.